The molecule has 7 aromatic carbocycles. The molecule has 0 amide bonds. The third-order valence-corrected chi connectivity index (χ3v) is 9.70. The van der Waals surface area contributed by atoms with Crippen LogP contribution in [0.5, 0.6) is 0 Å². The maximum Gasteiger partial charge on any atom is -0.000741 e. The van der Waals surface area contributed by atoms with E-state index in [0.29, 0.717) is 0 Å². The van der Waals surface area contributed by atoms with Crippen LogP contribution in [-0.4, -0.2) is 0 Å². The van der Waals surface area contributed by atoms with E-state index in [1.807, 2.05) is 0 Å². The van der Waals surface area contributed by atoms with E-state index in [-0.39, 0.29) is 10.8 Å². The van der Waals surface area contributed by atoms with Gasteiger partial charge in [-0.05, 0) is 111 Å². The van der Waals surface area contributed by atoms with E-state index in [1.165, 1.54) is 88.0 Å². The number of rotatable bonds is 2. The van der Waals surface area contributed by atoms with Crippen molar-refractivity contribution in [3.05, 3.63) is 132 Å². The number of hydrogen-bond acceptors (Lipinski definition) is 0. The second kappa shape index (κ2) is 9.41. The summed E-state index contributed by atoms with van der Waals surface area (Å²) in [5, 5.41) is 7.83. The lowest BCUT2D eigenvalue weighted by Crippen LogP contribution is -2.10. The molecule has 1 aliphatic rings. The average Bonchev–Trinajstić information content (AvgIpc) is 3.33. The van der Waals surface area contributed by atoms with E-state index in [1.54, 1.807) is 0 Å². The standard InChI is InChI=1S/C44H38/c1-43(2,3)32-21-17-28(18-22-32)39-36-25-30-11-7-8-12-31(30)26-37(36)40(29-19-23-33(24-20-29)44(4,5)6)42-35-16-10-14-27-13-9-15-34(38(27)35)41(39)42/h7-26H,1-6H3. The summed E-state index contributed by atoms with van der Waals surface area (Å²) in [5.74, 6) is 0. The summed E-state index contributed by atoms with van der Waals surface area (Å²) in [7, 11) is 0. The van der Waals surface area contributed by atoms with Gasteiger partial charge in [0.25, 0.3) is 0 Å². The molecule has 0 heteroatoms. The van der Waals surface area contributed by atoms with E-state index in [4.69, 9.17) is 0 Å². The summed E-state index contributed by atoms with van der Waals surface area (Å²) in [6.45, 7) is 13.7. The normalized spacial score (nSPS) is 12.8. The van der Waals surface area contributed by atoms with E-state index >= 15 is 0 Å². The molecular formula is C44H38. The topological polar surface area (TPSA) is 0 Å². The second-order valence-electron chi connectivity index (χ2n) is 14.6. The molecule has 0 unspecified atom stereocenters. The summed E-state index contributed by atoms with van der Waals surface area (Å²) < 4.78 is 0. The number of hydrogen-bond donors (Lipinski definition) is 0. The molecule has 0 heterocycles. The lowest BCUT2D eigenvalue weighted by molar-refractivity contribution is 0.590. The van der Waals surface area contributed by atoms with Crippen LogP contribution in [0, 0.1) is 0 Å². The maximum absolute atomic E-state index is 2.44. The van der Waals surface area contributed by atoms with Gasteiger partial charge in [0, 0.05) is 0 Å². The summed E-state index contributed by atoms with van der Waals surface area (Å²) in [6.07, 6.45) is 0. The minimum Gasteiger partial charge on any atom is -0.0616 e. The highest BCUT2D eigenvalue weighted by Gasteiger charge is 2.31. The highest BCUT2D eigenvalue weighted by atomic mass is 14.3. The second-order valence-corrected chi connectivity index (χ2v) is 14.6. The van der Waals surface area contributed by atoms with Gasteiger partial charge in [-0.3, -0.25) is 0 Å². The average molecular weight is 567 g/mol. The first-order valence-electron chi connectivity index (χ1n) is 15.9. The van der Waals surface area contributed by atoms with Gasteiger partial charge in [0.2, 0.25) is 0 Å². The van der Waals surface area contributed by atoms with E-state index < -0.39 is 0 Å². The van der Waals surface area contributed by atoms with Gasteiger partial charge in [-0.15, -0.1) is 0 Å². The third-order valence-electron chi connectivity index (χ3n) is 9.70. The zero-order chi connectivity index (χ0) is 30.4. The van der Waals surface area contributed by atoms with Crippen molar-refractivity contribution in [2.24, 2.45) is 0 Å². The molecular weight excluding hydrogens is 528 g/mol. The number of benzene rings is 7. The molecule has 0 saturated carbocycles. The quantitative estimate of drug-likeness (QED) is 0.183. The Labute approximate surface area is 261 Å². The van der Waals surface area contributed by atoms with Crippen LogP contribution in [0.15, 0.2) is 121 Å². The highest BCUT2D eigenvalue weighted by molar-refractivity contribution is 6.28. The molecule has 0 atom stereocenters. The van der Waals surface area contributed by atoms with Crippen molar-refractivity contribution in [3.63, 3.8) is 0 Å². The first-order valence-corrected chi connectivity index (χ1v) is 15.9. The van der Waals surface area contributed by atoms with Gasteiger partial charge in [-0.1, -0.05) is 151 Å². The predicted octanol–water partition coefficient (Wildman–Crippen LogP) is 12.7. The van der Waals surface area contributed by atoms with Gasteiger partial charge in [-0.2, -0.15) is 0 Å². The molecule has 0 fully saturated rings. The zero-order valence-electron chi connectivity index (χ0n) is 26.5. The van der Waals surface area contributed by atoms with Crippen molar-refractivity contribution in [2.45, 2.75) is 52.4 Å². The molecule has 44 heavy (non-hydrogen) atoms. The molecule has 1 aliphatic carbocycles. The Morgan fingerprint density at radius 2 is 0.750 bits per heavy atom. The molecule has 0 aliphatic heterocycles. The lowest BCUT2D eigenvalue weighted by Gasteiger charge is -2.23. The Bertz CT molecular complexity index is 2090. The molecule has 0 bridgehead atoms. The summed E-state index contributed by atoms with van der Waals surface area (Å²) in [4.78, 5) is 0. The lowest BCUT2D eigenvalue weighted by atomic mass is 9.80. The molecule has 0 N–H and O–H groups in total. The van der Waals surface area contributed by atoms with Crippen molar-refractivity contribution in [1.82, 2.24) is 0 Å². The third kappa shape index (κ3) is 4.05. The smallest absolute Gasteiger partial charge is 0.000741 e. The van der Waals surface area contributed by atoms with Gasteiger partial charge in [0.1, 0.15) is 0 Å². The van der Waals surface area contributed by atoms with Crippen molar-refractivity contribution in [2.75, 3.05) is 0 Å². The Hall–Kier alpha value is -4.68. The molecule has 0 spiro atoms. The van der Waals surface area contributed by atoms with Crippen LogP contribution in [-0.2, 0) is 10.8 Å². The minimum absolute atomic E-state index is 0.101. The molecule has 214 valence electrons. The fraction of sp³-hybridized carbons (Fsp3) is 0.182. The van der Waals surface area contributed by atoms with Gasteiger partial charge in [-0.25, -0.2) is 0 Å². The Balaban J connectivity index is 1.56. The van der Waals surface area contributed by atoms with E-state index in [0.717, 1.165) is 0 Å². The van der Waals surface area contributed by atoms with Gasteiger partial charge in [0.15, 0.2) is 0 Å². The SMILES string of the molecule is CC(C)(C)c1ccc(-c2c3c(c(-c4ccc(C(C)(C)C)cc4)c4cc5ccccc5cc24)-c2cccc4cccc-3c24)cc1. The Morgan fingerprint density at radius 3 is 1.14 bits per heavy atom. The van der Waals surface area contributed by atoms with Crippen LogP contribution in [0.3, 0.4) is 0 Å². The molecule has 0 nitrogen and oxygen atoms in total. The van der Waals surface area contributed by atoms with Crippen LogP contribution in [0.2, 0.25) is 0 Å². The van der Waals surface area contributed by atoms with Crippen LogP contribution in [0.25, 0.3) is 76.8 Å². The van der Waals surface area contributed by atoms with E-state index in [2.05, 4.69) is 163 Å². The number of fused-ring (bicyclic) bond motifs is 5. The van der Waals surface area contributed by atoms with Crippen LogP contribution in [0.1, 0.15) is 52.7 Å². The summed E-state index contributed by atoms with van der Waals surface area (Å²) >= 11 is 0. The molecule has 7 aromatic rings. The van der Waals surface area contributed by atoms with Crippen LogP contribution in [0.4, 0.5) is 0 Å². The molecule has 8 rings (SSSR count). The van der Waals surface area contributed by atoms with Crippen LogP contribution < -0.4 is 0 Å². The van der Waals surface area contributed by atoms with Gasteiger partial charge in [0.05, 0.1) is 0 Å². The summed E-state index contributed by atoms with van der Waals surface area (Å²) in [5.41, 5.74) is 13.5. The van der Waals surface area contributed by atoms with Crippen molar-refractivity contribution < 1.29 is 0 Å². The van der Waals surface area contributed by atoms with Gasteiger partial charge < -0.3 is 0 Å². The highest BCUT2D eigenvalue weighted by Crippen LogP contribution is 2.58. The fourth-order valence-electron chi connectivity index (χ4n) is 7.34. The monoisotopic (exact) mass is 566 g/mol. The largest absolute Gasteiger partial charge is 0.0616 e. The Kier molecular flexibility index (Phi) is 5.75. The molecule has 0 aromatic heterocycles. The van der Waals surface area contributed by atoms with E-state index in [9.17, 15) is 0 Å². The summed E-state index contributed by atoms with van der Waals surface area (Å²) in [6, 6.07) is 46.1. The minimum atomic E-state index is 0.101. The first kappa shape index (κ1) is 26.9. The van der Waals surface area contributed by atoms with Crippen molar-refractivity contribution in [3.8, 4) is 44.5 Å². The van der Waals surface area contributed by atoms with Gasteiger partial charge >= 0.3 is 0 Å². The molecule has 0 saturated heterocycles. The fourth-order valence-corrected chi connectivity index (χ4v) is 7.34. The van der Waals surface area contributed by atoms with Crippen LogP contribution >= 0.6 is 0 Å². The first-order chi connectivity index (χ1) is 21.1. The van der Waals surface area contributed by atoms with Crippen molar-refractivity contribution in [1.29, 1.82) is 0 Å². The molecule has 0 radical (unpaired) electrons. The predicted molar refractivity (Wildman–Crippen MR) is 192 cm³/mol. The Morgan fingerprint density at radius 1 is 0.364 bits per heavy atom. The zero-order valence-corrected chi connectivity index (χ0v) is 26.5. The van der Waals surface area contributed by atoms with Crippen molar-refractivity contribution >= 4 is 32.3 Å². The maximum atomic E-state index is 2.44.